The van der Waals surface area contributed by atoms with E-state index in [1.807, 2.05) is 40.4 Å². The van der Waals surface area contributed by atoms with Gasteiger partial charge in [0.1, 0.15) is 10.5 Å². The Morgan fingerprint density at radius 2 is 2.14 bits per heavy atom. The molecule has 1 aliphatic rings. The molecule has 0 amide bonds. The van der Waals surface area contributed by atoms with E-state index in [0.717, 1.165) is 47.8 Å². The lowest BCUT2D eigenvalue weighted by atomic mass is 10.3. The van der Waals surface area contributed by atoms with Gasteiger partial charge in [0.05, 0.1) is 11.2 Å². The molecule has 0 saturated carbocycles. The highest BCUT2D eigenvalue weighted by Crippen LogP contribution is 2.17. The van der Waals surface area contributed by atoms with Crippen LogP contribution in [0, 0.1) is 0 Å². The number of aromatic nitrogens is 3. The molecular formula is C16H16N4OS. The molecule has 4 rings (SSSR count). The Bertz CT molecular complexity index is 855. The van der Waals surface area contributed by atoms with Crippen LogP contribution in [-0.2, 0) is 19.5 Å². The summed E-state index contributed by atoms with van der Waals surface area (Å²) in [6.45, 7) is 3.26. The molecule has 0 spiro atoms. The summed E-state index contributed by atoms with van der Waals surface area (Å²) >= 11 is 1.48. The van der Waals surface area contributed by atoms with Crippen molar-refractivity contribution < 1.29 is 0 Å². The molecule has 0 bridgehead atoms. The highest BCUT2D eigenvalue weighted by Gasteiger charge is 2.18. The zero-order valence-electron chi connectivity index (χ0n) is 12.1. The second-order valence-electron chi connectivity index (χ2n) is 5.47. The quantitative estimate of drug-likeness (QED) is 0.725. The first-order valence-corrected chi connectivity index (χ1v) is 8.28. The van der Waals surface area contributed by atoms with E-state index in [4.69, 9.17) is 0 Å². The summed E-state index contributed by atoms with van der Waals surface area (Å²) in [5, 5.41) is 1.94. The van der Waals surface area contributed by atoms with E-state index in [9.17, 15) is 4.79 Å². The van der Waals surface area contributed by atoms with Gasteiger partial charge in [-0.15, -0.1) is 11.3 Å². The van der Waals surface area contributed by atoms with E-state index in [1.54, 1.807) is 0 Å². The minimum atomic E-state index is 0.106. The Hall–Kier alpha value is -2.05. The number of fused-ring (bicyclic) bond motifs is 2. The molecule has 0 fully saturated rings. The molecule has 22 heavy (non-hydrogen) atoms. The van der Waals surface area contributed by atoms with Crippen LogP contribution in [0.4, 0.5) is 0 Å². The fraction of sp³-hybridized carbons (Fsp3) is 0.312. The SMILES string of the molecule is O=c1c2sccc2nc2n1CCN(Cc1ccccn1)CC2. The van der Waals surface area contributed by atoms with Gasteiger partial charge in [-0.1, -0.05) is 6.07 Å². The standard InChI is InChI=1S/C16H16N4OS/c21-16-15-13(5-10-22-15)18-14-4-7-19(8-9-20(14)16)11-12-3-1-2-6-17-12/h1-3,5-6,10H,4,7-9,11H2. The van der Waals surface area contributed by atoms with Crippen LogP contribution in [0.15, 0.2) is 40.6 Å². The molecule has 0 saturated heterocycles. The van der Waals surface area contributed by atoms with Crippen LogP contribution in [-0.4, -0.2) is 32.5 Å². The molecular weight excluding hydrogens is 296 g/mol. The van der Waals surface area contributed by atoms with Gasteiger partial charge in [0.2, 0.25) is 0 Å². The van der Waals surface area contributed by atoms with Crippen LogP contribution < -0.4 is 5.56 Å². The normalized spacial score (nSPS) is 15.6. The van der Waals surface area contributed by atoms with Gasteiger partial charge in [0, 0.05) is 38.8 Å². The molecule has 0 aliphatic carbocycles. The lowest BCUT2D eigenvalue weighted by molar-refractivity contribution is 0.268. The summed E-state index contributed by atoms with van der Waals surface area (Å²) < 4.78 is 2.61. The molecule has 5 nitrogen and oxygen atoms in total. The minimum Gasteiger partial charge on any atom is -0.295 e. The lowest BCUT2D eigenvalue weighted by Gasteiger charge is -2.18. The number of rotatable bonds is 2. The van der Waals surface area contributed by atoms with Crippen LogP contribution in [0.25, 0.3) is 10.2 Å². The Labute approximate surface area is 131 Å². The van der Waals surface area contributed by atoms with Crippen LogP contribution in [0.1, 0.15) is 11.5 Å². The highest BCUT2D eigenvalue weighted by molar-refractivity contribution is 7.17. The maximum Gasteiger partial charge on any atom is 0.271 e. The van der Waals surface area contributed by atoms with E-state index in [2.05, 4.69) is 14.9 Å². The van der Waals surface area contributed by atoms with Crippen molar-refractivity contribution in [1.82, 2.24) is 19.4 Å². The van der Waals surface area contributed by atoms with Crippen LogP contribution in [0.3, 0.4) is 0 Å². The molecule has 0 unspecified atom stereocenters. The van der Waals surface area contributed by atoms with Crippen molar-refractivity contribution in [2.75, 3.05) is 13.1 Å². The van der Waals surface area contributed by atoms with E-state index >= 15 is 0 Å². The molecule has 4 heterocycles. The zero-order valence-corrected chi connectivity index (χ0v) is 12.9. The minimum absolute atomic E-state index is 0.106. The molecule has 1 aliphatic heterocycles. The fourth-order valence-corrected chi connectivity index (χ4v) is 3.68. The predicted octanol–water partition coefficient (Wildman–Crippen LogP) is 1.91. The number of hydrogen-bond donors (Lipinski definition) is 0. The molecule has 6 heteroatoms. The van der Waals surface area contributed by atoms with E-state index in [-0.39, 0.29) is 5.56 Å². The van der Waals surface area contributed by atoms with Gasteiger partial charge in [-0.3, -0.25) is 19.2 Å². The van der Waals surface area contributed by atoms with E-state index in [1.165, 1.54) is 11.3 Å². The van der Waals surface area contributed by atoms with Crippen molar-refractivity contribution in [2.45, 2.75) is 19.5 Å². The van der Waals surface area contributed by atoms with Gasteiger partial charge < -0.3 is 0 Å². The van der Waals surface area contributed by atoms with Crippen molar-refractivity contribution >= 4 is 21.6 Å². The van der Waals surface area contributed by atoms with Gasteiger partial charge >= 0.3 is 0 Å². The van der Waals surface area contributed by atoms with Gasteiger partial charge in [-0.25, -0.2) is 4.98 Å². The average molecular weight is 312 g/mol. The second-order valence-corrected chi connectivity index (χ2v) is 6.38. The fourth-order valence-electron chi connectivity index (χ4n) is 2.90. The maximum atomic E-state index is 12.6. The molecule has 3 aromatic rings. The van der Waals surface area contributed by atoms with Crippen LogP contribution in [0.2, 0.25) is 0 Å². The molecule has 0 aromatic carbocycles. The monoisotopic (exact) mass is 312 g/mol. The summed E-state index contributed by atoms with van der Waals surface area (Å²) in [5.41, 5.74) is 2.00. The lowest BCUT2D eigenvalue weighted by Crippen LogP contribution is -2.28. The average Bonchev–Trinajstić information content (AvgIpc) is 2.92. The Morgan fingerprint density at radius 3 is 3.00 bits per heavy atom. The third-order valence-corrected chi connectivity index (χ3v) is 4.94. The number of pyridine rings is 1. The molecule has 112 valence electrons. The summed E-state index contributed by atoms with van der Waals surface area (Å²) in [6, 6.07) is 7.91. The van der Waals surface area contributed by atoms with Gasteiger partial charge in [0.15, 0.2) is 0 Å². The highest BCUT2D eigenvalue weighted by atomic mass is 32.1. The van der Waals surface area contributed by atoms with Crippen LogP contribution in [0.5, 0.6) is 0 Å². The van der Waals surface area contributed by atoms with Gasteiger partial charge in [-0.2, -0.15) is 0 Å². The van der Waals surface area contributed by atoms with Gasteiger partial charge in [0.25, 0.3) is 5.56 Å². The molecule has 0 atom stereocenters. The number of hydrogen-bond acceptors (Lipinski definition) is 5. The Kier molecular flexibility index (Phi) is 3.48. The number of nitrogens with zero attached hydrogens (tertiary/aromatic N) is 4. The number of thiophene rings is 1. The van der Waals surface area contributed by atoms with Crippen LogP contribution >= 0.6 is 11.3 Å². The molecule has 0 radical (unpaired) electrons. The second kappa shape index (κ2) is 5.62. The summed E-state index contributed by atoms with van der Waals surface area (Å²) in [5.74, 6) is 0.902. The molecule has 3 aromatic heterocycles. The van der Waals surface area contributed by atoms with Crippen molar-refractivity contribution in [1.29, 1.82) is 0 Å². The smallest absolute Gasteiger partial charge is 0.271 e. The largest absolute Gasteiger partial charge is 0.295 e. The van der Waals surface area contributed by atoms with E-state index < -0.39 is 0 Å². The van der Waals surface area contributed by atoms with Crippen molar-refractivity contribution in [3.8, 4) is 0 Å². The van der Waals surface area contributed by atoms with Crippen molar-refractivity contribution in [3.63, 3.8) is 0 Å². The summed E-state index contributed by atoms with van der Waals surface area (Å²) in [7, 11) is 0. The first-order valence-electron chi connectivity index (χ1n) is 7.40. The third kappa shape index (κ3) is 2.44. The Morgan fingerprint density at radius 1 is 1.18 bits per heavy atom. The first-order chi connectivity index (χ1) is 10.8. The van der Waals surface area contributed by atoms with E-state index in [0.29, 0.717) is 6.54 Å². The summed E-state index contributed by atoms with van der Waals surface area (Å²) in [6.07, 6.45) is 2.62. The maximum absolute atomic E-state index is 12.6. The predicted molar refractivity (Wildman–Crippen MR) is 87.1 cm³/mol. The topological polar surface area (TPSA) is 51.0 Å². The summed E-state index contributed by atoms with van der Waals surface area (Å²) in [4.78, 5) is 23.9. The Balaban J connectivity index is 1.60. The van der Waals surface area contributed by atoms with Gasteiger partial charge in [-0.05, 0) is 23.6 Å². The van der Waals surface area contributed by atoms with Crippen molar-refractivity contribution in [3.05, 3.63) is 57.7 Å². The van der Waals surface area contributed by atoms with Crippen molar-refractivity contribution in [2.24, 2.45) is 0 Å². The molecule has 0 N–H and O–H groups in total. The zero-order chi connectivity index (χ0) is 14.9. The first kappa shape index (κ1) is 13.6. The third-order valence-electron chi connectivity index (χ3n) is 4.05.